The molecule has 5 rings (SSSR count). The number of carbonyl (C=O) groups is 1. The number of halogens is 2. The minimum atomic E-state index is -1.85. The van der Waals surface area contributed by atoms with Crippen LogP contribution in [0.1, 0.15) is 25.7 Å². The second-order valence-electron chi connectivity index (χ2n) is 9.20. The zero-order chi connectivity index (χ0) is 25.3. The summed E-state index contributed by atoms with van der Waals surface area (Å²) in [5, 5.41) is 12.5. The predicted octanol–water partition coefficient (Wildman–Crippen LogP) is 1.10. The van der Waals surface area contributed by atoms with Gasteiger partial charge in [0.1, 0.15) is 17.3 Å². The van der Waals surface area contributed by atoms with Crippen LogP contribution in [-0.4, -0.2) is 86.5 Å². The van der Waals surface area contributed by atoms with Gasteiger partial charge in [0.25, 0.3) is 5.91 Å². The van der Waals surface area contributed by atoms with Gasteiger partial charge in [0.2, 0.25) is 11.9 Å². The molecule has 0 unspecified atom stereocenters. The average molecular weight is 501 g/mol. The van der Waals surface area contributed by atoms with Gasteiger partial charge in [-0.1, -0.05) is 0 Å². The summed E-state index contributed by atoms with van der Waals surface area (Å²) >= 11 is 0. The first-order valence-electron chi connectivity index (χ1n) is 11.7. The van der Waals surface area contributed by atoms with Gasteiger partial charge in [-0.05, 0) is 31.6 Å². The number of likely N-dealkylation sites (tertiary alicyclic amines) is 1. The first-order valence-corrected chi connectivity index (χ1v) is 11.7. The number of aliphatic hydroxyl groups is 1. The van der Waals surface area contributed by atoms with Crippen molar-refractivity contribution >= 4 is 23.6 Å². The van der Waals surface area contributed by atoms with E-state index in [1.807, 2.05) is 11.0 Å². The fraction of sp³-hybridized carbons (Fsp3) is 0.522. The van der Waals surface area contributed by atoms with Crippen LogP contribution in [0.25, 0.3) is 11.3 Å². The number of rotatable bonds is 5. The van der Waals surface area contributed by atoms with Crippen LogP contribution in [0.4, 0.5) is 26.5 Å². The van der Waals surface area contributed by atoms with Crippen molar-refractivity contribution in [1.29, 1.82) is 0 Å². The van der Waals surface area contributed by atoms with Gasteiger partial charge in [-0.2, -0.15) is 4.98 Å². The van der Waals surface area contributed by atoms with Gasteiger partial charge in [0.15, 0.2) is 17.3 Å². The van der Waals surface area contributed by atoms with E-state index in [0.29, 0.717) is 45.7 Å². The number of nitrogen functional groups attached to an aromatic ring is 1. The maximum Gasteiger partial charge on any atom is 0.260 e. The summed E-state index contributed by atoms with van der Waals surface area (Å²) in [6.07, 6.45) is 5.84. The number of hydrogen-bond donors (Lipinski definition) is 3. The summed E-state index contributed by atoms with van der Waals surface area (Å²) in [5.74, 6) is 1.40. The van der Waals surface area contributed by atoms with Gasteiger partial charge in [-0.25, -0.2) is 23.7 Å². The predicted molar refractivity (Wildman–Crippen MR) is 125 cm³/mol. The Labute approximate surface area is 206 Å². The van der Waals surface area contributed by atoms with Crippen molar-refractivity contribution in [3.05, 3.63) is 18.2 Å². The summed E-state index contributed by atoms with van der Waals surface area (Å²) in [5.41, 5.74) is 2.73. The summed E-state index contributed by atoms with van der Waals surface area (Å²) in [6, 6.07) is 0. The Kier molecular flexibility index (Phi) is 6.21. The third kappa shape index (κ3) is 4.68. The number of hydrogen-bond acceptors (Lipinski definition) is 10. The smallest absolute Gasteiger partial charge is 0.260 e. The molecule has 11 nitrogen and oxygen atoms in total. The Balaban J connectivity index is 1.53. The van der Waals surface area contributed by atoms with Crippen molar-refractivity contribution in [2.24, 2.45) is 0 Å². The standard InChI is InChI=1S/C23H26F2N8O3/c24-16-17(15-12-27-20(26)28-13-15)29-21(32-7-10-36-11-8-32)30-18(16)31-22(5-9-34)2-1-6-33(14-22)19(35)23(25)3-4-23/h12-13,34H,1-4,6-8,10-11,14H2,(H2,26,27,28)(H,29,30,31)/t22-/m1/s1. The lowest BCUT2D eigenvalue weighted by Crippen LogP contribution is -2.56. The summed E-state index contributed by atoms with van der Waals surface area (Å²) < 4.78 is 35.8. The molecule has 36 heavy (non-hydrogen) atoms. The molecule has 2 aliphatic heterocycles. The number of amides is 1. The lowest BCUT2D eigenvalue weighted by Gasteiger charge is -2.40. The second-order valence-corrected chi connectivity index (χ2v) is 9.20. The molecule has 190 valence electrons. The molecule has 3 aliphatic rings. The van der Waals surface area contributed by atoms with E-state index >= 15 is 4.39 Å². The Morgan fingerprint density at radius 1 is 1.17 bits per heavy atom. The first kappa shape index (κ1) is 23.9. The van der Waals surface area contributed by atoms with Crippen molar-refractivity contribution < 1.29 is 23.4 Å². The van der Waals surface area contributed by atoms with E-state index < -0.39 is 22.9 Å². The minimum Gasteiger partial charge on any atom is -0.462 e. The van der Waals surface area contributed by atoms with Gasteiger partial charge in [0, 0.05) is 37.6 Å². The molecule has 3 fully saturated rings. The molecule has 0 aromatic carbocycles. The van der Waals surface area contributed by atoms with Gasteiger partial charge < -0.3 is 30.7 Å². The van der Waals surface area contributed by atoms with E-state index in [2.05, 4.69) is 31.2 Å². The molecule has 2 aromatic heterocycles. The highest BCUT2D eigenvalue weighted by atomic mass is 19.1. The molecule has 4 N–H and O–H groups in total. The van der Waals surface area contributed by atoms with Crippen LogP contribution >= 0.6 is 0 Å². The Bertz CT molecular complexity index is 1210. The molecule has 2 saturated heterocycles. The van der Waals surface area contributed by atoms with E-state index in [0.717, 1.165) is 0 Å². The van der Waals surface area contributed by atoms with E-state index in [1.54, 1.807) is 0 Å². The fourth-order valence-corrected chi connectivity index (χ4v) is 4.48. The monoisotopic (exact) mass is 500 g/mol. The molecular formula is C23H26F2N8O3. The highest BCUT2D eigenvalue weighted by Gasteiger charge is 2.54. The number of anilines is 3. The number of aromatic nitrogens is 4. The first-order chi connectivity index (χ1) is 17.3. The SMILES string of the molecule is Nc1ncc(-c2nc(N3CCOCC3)nc(N[C@@]3(C#CO)CCCN(C(=O)C4(F)CC4)C3)c2F)cn1. The number of nitrogens with zero attached hydrogens (tertiary/aromatic N) is 6. The highest BCUT2D eigenvalue weighted by Crippen LogP contribution is 2.42. The van der Waals surface area contributed by atoms with Crippen LogP contribution in [0, 0.1) is 17.8 Å². The van der Waals surface area contributed by atoms with E-state index in [-0.39, 0.29) is 48.4 Å². The van der Waals surface area contributed by atoms with Gasteiger partial charge >= 0.3 is 0 Å². The molecule has 2 aromatic rings. The average Bonchev–Trinajstić information content (AvgIpc) is 3.64. The van der Waals surface area contributed by atoms with Gasteiger partial charge in [-0.3, -0.25) is 4.79 Å². The summed E-state index contributed by atoms with van der Waals surface area (Å²) in [6.45, 7) is 2.25. The molecule has 0 bridgehead atoms. The summed E-state index contributed by atoms with van der Waals surface area (Å²) in [7, 11) is 0. The highest BCUT2D eigenvalue weighted by molar-refractivity contribution is 5.88. The molecule has 0 radical (unpaired) electrons. The Morgan fingerprint density at radius 3 is 2.56 bits per heavy atom. The van der Waals surface area contributed by atoms with Crippen molar-refractivity contribution in [2.75, 3.05) is 55.3 Å². The Hall–Kier alpha value is -3.79. The molecule has 1 saturated carbocycles. The Morgan fingerprint density at radius 2 is 1.89 bits per heavy atom. The molecule has 0 spiro atoms. The molecular weight excluding hydrogens is 474 g/mol. The van der Waals surface area contributed by atoms with Crippen LogP contribution < -0.4 is 16.0 Å². The number of nitrogens with two attached hydrogens (primary N) is 1. The minimum absolute atomic E-state index is 0.0328. The maximum atomic E-state index is 15.9. The van der Waals surface area contributed by atoms with Crippen LogP contribution in [-0.2, 0) is 9.53 Å². The fourth-order valence-electron chi connectivity index (χ4n) is 4.48. The molecule has 1 aliphatic carbocycles. The lowest BCUT2D eigenvalue weighted by atomic mass is 9.89. The molecule has 1 amide bonds. The molecule has 13 heteroatoms. The number of carbonyl (C=O) groups excluding carboxylic acids is 1. The van der Waals surface area contributed by atoms with Crippen molar-refractivity contribution in [3.63, 3.8) is 0 Å². The number of morpholine rings is 1. The number of ether oxygens (including phenoxy) is 1. The van der Waals surface area contributed by atoms with Crippen LogP contribution in [0.15, 0.2) is 12.4 Å². The van der Waals surface area contributed by atoms with Crippen molar-refractivity contribution in [2.45, 2.75) is 36.9 Å². The molecule has 4 heterocycles. The topological polar surface area (TPSA) is 143 Å². The zero-order valence-electron chi connectivity index (χ0n) is 19.5. The second kappa shape index (κ2) is 9.34. The summed E-state index contributed by atoms with van der Waals surface area (Å²) in [4.78, 5) is 32.7. The van der Waals surface area contributed by atoms with Crippen LogP contribution in [0.5, 0.6) is 0 Å². The third-order valence-corrected chi connectivity index (χ3v) is 6.58. The van der Waals surface area contributed by atoms with Gasteiger partial charge in [-0.15, -0.1) is 0 Å². The number of piperidine rings is 1. The van der Waals surface area contributed by atoms with E-state index in [9.17, 15) is 14.3 Å². The van der Waals surface area contributed by atoms with Gasteiger partial charge in [0.05, 0.1) is 19.8 Å². The van der Waals surface area contributed by atoms with Crippen molar-refractivity contribution in [3.8, 4) is 23.3 Å². The van der Waals surface area contributed by atoms with E-state index in [4.69, 9.17) is 10.5 Å². The number of nitrogens with one attached hydrogen (secondary N) is 1. The lowest BCUT2D eigenvalue weighted by molar-refractivity contribution is -0.139. The third-order valence-electron chi connectivity index (χ3n) is 6.58. The molecule has 1 atom stereocenters. The van der Waals surface area contributed by atoms with Crippen LogP contribution in [0.3, 0.4) is 0 Å². The van der Waals surface area contributed by atoms with Crippen molar-refractivity contribution in [1.82, 2.24) is 24.8 Å². The normalized spacial score (nSPS) is 22.9. The van der Waals surface area contributed by atoms with Crippen LogP contribution in [0.2, 0.25) is 0 Å². The van der Waals surface area contributed by atoms with E-state index in [1.165, 1.54) is 17.3 Å². The maximum absolute atomic E-state index is 15.9. The number of aliphatic hydroxyl groups excluding tert-OH is 1. The quantitative estimate of drug-likeness (QED) is 0.511. The largest absolute Gasteiger partial charge is 0.462 e. The number of alkyl halides is 1. The zero-order valence-corrected chi connectivity index (χ0v) is 19.5.